The maximum absolute atomic E-state index is 14.5. The summed E-state index contributed by atoms with van der Waals surface area (Å²) in [5, 5.41) is 25.2. The molecule has 0 radical (unpaired) electrons. The highest BCUT2D eigenvalue weighted by Crippen LogP contribution is 2.61. The smallest absolute Gasteiger partial charge is 0.312 e. The summed E-state index contributed by atoms with van der Waals surface area (Å²) < 4.78 is 26.1. The van der Waals surface area contributed by atoms with Gasteiger partial charge in [-0.1, -0.05) is 18.2 Å². The summed E-state index contributed by atoms with van der Waals surface area (Å²) in [6.07, 6.45) is -1.47. The van der Waals surface area contributed by atoms with Crippen LogP contribution in [-0.2, 0) is 19.7 Å². The molecule has 1 spiro atoms. The van der Waals surface area contributed by atoms with Crippen molar-refractivity contribution in [3.8, 4) is 5.75 Å². The van der Waals surface area contributed by atoms with Crippen molar-refractivity contribution < 1.29 is 33.8 Å². The summed E-state index contributed by atoms with van der Waals surface area (Å²) in [4.78, 5) is 27.2. The Morgan fingerprint density at radius 1 is 1.26 bits per heavy atom. The largest absolute Gasteiger partial charge is 0.487 e. The van der Waals surface area contributed by atoms with Gasteiger partial charge in [-0.25, -0.2) is 9.87 Å². The van der Waals surface area contributed by atoms with Crippen molar-refractivity contribution in [3.63, 3.8) is 0 Å². The number of fused-ring (bicyclic) bond motifs is 5. The number of carbonyl (C=O) groups excluding carboxylic acids is 2. The minimum Gasteiger partial charge on any atom is -0.487 e. The van der Waals surface area contributed by atoms with E-state index in [1.807, 2.05) is 12.1 Å². The Balaban J connectivity index is 1.82. The predicted octanol–water partition coefficient (Wildman–Crippen LogP) is 2.49. The number of para-hydroxylation sites is 1. The molecular weight excluding hydrogens is 443 g/mol. The van der Waals surface area contributed by atoms with Crippen LogP contribution >= 0.6 is 0 Å². The number of halogens is 1. The summed E-state index contributed by atoms with van der Waals surface area (Å²) >= 11 is 0. The number of aliphatic hydroxyl groups excluding tert-OH is 1. The molecule has 1 aliphatic carbocycles. The second kappa shape index (κ2) is 7.76. The van der Waals surface area contributed by atoms with E-state index in [1.54, 1.807) is 32.9 Å². The van der Waals surface area contributed by atoms with Crippen molar-refractivity contribution in [1.82, 2.24) is 5.48 Å². The normalized spacial score (nSPS) is 32.8. The number of aliphatic hydroxyl groups is 1. The Hall–Kier alpha value is -3.01. The highest BCUT2D eigenvalue weighted by Gasteiger charge is 2.72. The van der Waals surface area contributed by atoms with Crippen LogP contribution in [0.4, 0.5) is 10.1 Å². The third kappa shape index (κ3) is 2.87. The Morgan fingerprint density at radius 2 is 2.00 bits per heavy atom. The Bertz CT molecular complexity index is 1170. The van der Waals surface area contributed by atoms with Gasteiger partial charge >= 0.3 is 5.97 Å². The number of esters is 1. The van der Waals surface area contributed by atoms with Gasteiger partial charge in [0, 0.05) is 17.5 Å². The minimum absolute atomic E-state index is 0.0244. The van der Waals surface area contributed by atoms with E-state index in [9.17, 15) is 24.3 Å². The van der Waals surface area contributed by atoms with Crippen LogP contribution in [-0.4, -0.2) is 46.5 Å². The standard InChI is InChI=1S/C25H27FN2O6/c1-4-33-22(30)19-20(28-32)17-13-7-5-6-8-16(13)34-24(2,3)18(17)21(29)25(19)14-11-12(26)9-10-15(14)27-23(25)31/h5-11,17-21,28-29,32H,4H2,1-3H3,(H,27,31)/t17-,18-,19-,20+,21+,25-/m1/s1. The first-order valence-electron chi connectivity index (χ1n) is 11.3. The number of hydrogen-bond donors (Lipinski definition) is 4. The van der Waals surface area contributed by atoms with Gasteiger partial charge in [0.1, 0.15) is 22.6 Å². The van der Waals surface area contributed by atoms with Crippen LogP contribution in [0.15, 0.2) is 42.5 Å². The molecule has 2 heterocycles. The van der Waals surface area contributed by atoms with Gasteiger partial charge in [0.05, 0.1) is 24.7 Å². The van der Waals surface area contributed by atoms with Gasteiger partial charge in [-0.3, -0.25) is 9.59 Å². The fourth-order valence-corrected chi connectivity index (χ4v) is 6.41. The molecule has 1 amide bonds. The van der Waals surface area contributed by atoms with Crippen molar-refractivity contribution in [1.29, 1.82) is 0 Å². The first-order chi connectivity index (χ1) is 16.2. The van der Waals surface area contributed by atoms with Gasteiger partial charge in [0.15, 0.2) is 0 Å². The highest BCUT2D eigenvalue weighted by molar-refractivity contribution is 6.09. The quantitative estimate of drug-likeness (QED) is 0.402. The molecule has 6 atom stereocenters. The van der Waals surface area contributed by atoms with Gasteiger partial charge in [-0.05, 0) is 56.2 Å². The van der Waals surface area contributed by atoms with Gasteiger partial charge in [-0.2, -0.15) is 0 Å². The number of carbonyl (C=O) groups is 2. The van der Waals surface area contributed by atoms with Gasteiger partial charge in [0.25, 0.3) is 0 Å². The Kier molecular flexibility index (Phi) is 5.20. The van der Waals surface area contributed by atoms with Crippen molar-refractivity contribution >= 4 is 17.6 Å². The molecule has 3 aliphatic rings. The van der Waals surface area contributed by atoms with Gasteiger partial charge in [0.2, 0.25) is 5.91 Å². The SMILES string of the molecule is CCOC(=O)[C@H]1[C@@H](NO)[C@@H]2c3ccccc3OC(C)(C)[C@H]2[C@H](O)[C@]12C(=O)Nc1ccc(F)cc12. The molecule has 2 aromatic carbocycles. The molecule has 8 nitrogen and oxygen atoms in total. The zero-order valence-electron chi connectivity index (χ0n) is 19.0. The third-order valence-electron chi connectivity index (χ3n) is 7.62. The first-order valence-corrected chi connectivity index (χ1v) is 11.3. The number of hydrogen-bond acceptors (Lipinski definition) is 7. The predicted molar refractivity (Wildman–Crippen MR) is 119 cm³/mol. The second-order valence-electron chi connectivity index (χ2n) is 9.64. The molecular formula is C25H27FN2O6. The molecule has 9 heteroatoms. The van der Waals surface area contributed by atoms with Crippen LogP contribution < -0.4 is 15.5 Å². The van der Waals surface area contributed by atoms with Crippen LogP contribution in [0.2, 0.25) is 0 Å². The topological polar surface area (TPSA) is 117 Å². The average Bonchev–Trinajstić information content (AvgIpc) is 3.06. The van der Waals surface area contributed by atoms with E-state index in [0.29, 0.717) is 17.0 Å². The number of ether oxygens (including phenoxy) is 2. The Labute approximate surface area is 196 Å². The number of nitrogens with one attached hydrogen (secondary N) is 2. The molecule has 0 aromatic heterocycles. The van der Waals surface area contributed by atoms with Crippen molar-refractivity contribution in [2.24, 2.45) is 11.8 Å². The molecule has 1 fully saturated rings. The van der Waals surface area contributed by atoms with E-state index in [0.717, 1.165) is 6.07 Å². The average molecular weight is 470 g/mol. The molecule has 1 saturated carbocycles. The lowest BCUT2D eigenvalue weighted by Crippen LogP contribution is -2.72. The molecule has 0 bridgehead atoms. The number of benzene rings is 2. The van der Waals surface area contributed by atoms with Crippen LogP contribution in [0.3, 0.4) is 0 Å². The Morgan fingerprint density at radius 3 is 2.71 bits per heavy atom. The van der Waals surface area contributed by atoms with Crippen LogP contribution in [0.1, 0.15) is 37.8 Å². The fraction of sp³-hybridized carbons (Fsp3) is 0.440. The summed E-state index contributed by atoms with van der Waals surface area (Å²) in [5.74, 6) is -4.24. The maximum Gasteiger partial charge on any atom is 0.312 e. The number of hydroxylamine groups is 1. The van der Waals surface area contributed by atoms with Gasteiger partial charge < -0.3 is 25.1 Å². The zero-order chi connectivity index (χ0) is 24.4. The second-order valence-corrected chi connectivity index (χ2v) is 9.64. The monoisotopic (exact) mass is 470 g/mol. The van der Waals surface area contributed by atoms with E-state index in [2.05, 4.69) is 10.8 Å². The first kappa shape index (κ1) is 22.8. The highest BCUT2D eigenvalue weighted by atomic mass is 19.1. The van der Waals surface area contributed by atoms with E-state index in [-0.39, 0.29) is 12.2 Å². The summed E-state index contributed by atoms with van der Waals surface area (Å²) in [5.41, 5.74) is 0.471. The van der Waals surface area contributed by atoms with E-state index >= 15 is 0 Å². The summed E-state index contributed by atoms with van der Waals surface area (Å²) in [7, 11) is 0. The molecule has 0 saturated heterocycles. The molecule has 2 aliphatic heterocycles. The molecule has 2 aromatic rings. The lowest BCUT2D eigenvalue weighted by Gasteiger charge is -2.58. The van der Waals surface area contributed by atoms with Crippen molar-refractivity contribution in [3.05, 3.63) is 59.4 Å². The van der Waals surface area contributed by atoms with Crippen LogP contribution in [0.5, 0.6) is 5.75 Å². The molecule has 5 rings (SSSR count). The fourth-order valence-electron chi connectivity index (χ4n) is 6.41. The van der Waals surface area contributed by atoms with Crippen molar-refractivity contribution in [2.45, 2.75) is 49.9 Å². The zero-order valence-corrected chi connectivity index (χ0v) is 19.0. The lowest BCUT2D eigenvalue weighted by atomic mass is 9.49. The molecule has 0 unspecified atom stereocenters. The summed E-state index contributed by atoms with van der Waals surface area (Å²) in [6.45, 7) is 5.23. The van der Waals surface area contributed by atoms with Crippen LogP contribution in [0, 0.1) is 17.7 Å². The number of amides is 1. The summed E-state index contributed by atoms with van der Waals surface area (Å²) in [6, 6.07) is 9.91. The van der Waals surface area contributed by atoms with E-state index < -0.39 is 58.6 Å². The minimum atomic E-state index is -1.92. The third-order valence-corrected chi connectivity index (χ3v) is 7.62. The van der Waals surface area contributed by atoms with Crippen LogP contribution in [0.25, 0.3) is 0 Å². The lowest BCUT2D eigenvalue weighted by molar-refractivity contribution is -0.183. The number of rotatable bonds is 3. The van der Waals surface area contributed by atoms with E-state index in [4.69, 9.17) is 9.47 Å². The number of anilines is 1. The molecule has 4 N–H and O–H groups in total. The van der Waals surface area contributed by atoms with Crippen molar-refractivity contribution in [2.75, 3.05) is 11.9 Å². The van der Waals surface area contributed by atoms with Gasteiger partial charge in [-0.15, -0.1) is 0 Å². The molecule has 34 heavy (non-hydrogen) atoms. The van der Waals surface area contributed by atoms with E-state index in [1.165, 1.54) is 12.1 Å². The maximum atomic E-state index is 14.5. The molecule has 180 valence electrons.